The first-order chi connectivity index (χ1) is 14.2. The molecule has 5 atom stereocenters. The summed E-state index contributed by atoms with van der Waals surface area (Å²) in [6, 6.07) is 0. The van der Waals surface area contributed by atoms with E-state index in [0.717, 1.165) is 37.3 Å². The van der Waals surface area contributed by atoms with Gasteiger partial charge in [0.2, 0.25) is 0 Å². The zero-order valence-electron chi connectivity index (χ0n) is 19.3. The number of unbranched alkanes of at least 4 members (excludes halogenated alkanes) is 1. The third-order valence-corrected chi connectivity index (χ3v) is 6.65. The molecule has 0 aromatic carbocycles. The highest BCUT2D eigenvalue weighted by molar-refractivity contribution is 5.00. The van der Waals surface area contributed by atoms with E-state index in [4.69, 9.17) is 33.2 Å². The van der Waals surface area contributed by atoms with Gasteiger partial charge in [0.15, 0.2) is 17.9 Å². The van der Waals surface area contributed by atoms with Crippen LogP contribution in [0.1, 0.15) is 47.5 Å². The molecular formula is C22H40NO7+. The summed E-state index contributed by atoms with van der Waals surface area (Å²) in [6.07, 6.45) is 1.00. The third kappa shape index (κ3) is 5.02. The smallest absolute Gasteiger partial charge is 0.190 e. The molecule has 0 saturated carbocycles. The Labute approximate surface area is 180 Å². The lowest BCUT2D eigenvalue weighted by atomic mass is 9.99. The minimum Gasteiger partial charge on any atom is -0.373 e. The van der Waals surface area contributed by atoms with E-state index < -0.39 is 17.9 Å². The summed E-state index contributed by atoms with van der Waals surface area (Å²) in [5, 5.41) is 0. The predicted molar refractivity (Wildman–Crippen MR) is 109 cm³/mol. The zero-order chi connectivity index (χ0) is 21.4. The Morgan fingerprint density at radius 1 is 0.867 bits per heavy atom. The highest BCUT2D eigenvalue weighted by Crippen LogP contribution is 2.44. The average molecular weight is 431 g/mol. The lowest BCUT2D eigenvalue weighted by Crippen LogP contribution is -2.58. The molecule has 0 spiro atoms. The first-order valence-electron chi connectivity index (χ1n) is 11.6. The van der Waals surface area contributed by atoms with Crippen LogP contribution in [0.25, 0.3) is 0 Å². The second-order valence-corrected chi connectivity index (χ2v) is 9.98. The molecule has 174 valence electrons. The highest BCUT2D eigenvalue weighted by atomic mass is 16.9. The van der Waals surface area contributed by atoms with Crippen molar-refractivity contribution in [1.29, 1.82) is 0 Å². The first-order valence-corrected chi connectivity index (χ1v) is 11.6. The van der Waals surface area contributed by atoms with E-state index in [1.165, 1.54) is 19.4 Å². The van der Waals surface area contributed by atoms with Crippen molar-refractivity contribution in [3.8, 4) is 0 Å². The molecule has 4 rings (SSSR count). The van der Waals surface area contributed by atoms with E-state index in [-0.39, 0.29) is 24.4 Å². The van der Waals surface area contributed by atoms with Crippen molar-refractivity contribution < 1.29 is 37.6 Å². The number of hydrogen-bond donors (Lipinski definition) is 0. The predicted octanol–water partition coefficient (Wildman–Crippen LogP) is 2.05. The Balaban J connectivity index is 1.33. The van der Waals surface area contributed by atoms with Crippen LogP contribution in [-0.4, -0.2) is 99.4 Å². The van der Waals surface area contributed by atoms with E-state index in [2.05, 4.69) is 6.92 Å². The third-order valence-electron chi connectivity index (χ3n) is 6.65. The molecule has 8 heteroatoms. The summed E-state index contributed by atoms with van der Waals surface area (Å²) in [6.45, 7) is 17.1. The van der Waals surface area contributed by atoms with Gasteiger partial charge in [-0.15, -0.1) is 0 Å². The fraction of sp³-hybridized carbons (Fsp3) is 1.00. The quantitative estimate of drug-likeness (QED) is 0.431. The monoisotopic (exact) mass is 430 g/mol. The maximum Gasteiger partial charge on any atom is 0.190 e. The molecule has 0 radical (unpaired) electrons. The van der Waals surface area contributed by atoms with Crippen molar-refractivity contribution in [2.75, 3.05) is 52.6 Å². The van der Waals surface area contributed by atoms with E-state index in [1.807, 2.05) is 27.7 Å². The summed E-state index contributed by atoms with van der Waals surface area (Å²) < 4.78 is 43.4. The first kappa shape index (κ1) is 22.9. The number of quaternary nitrogens is 1. The summed E-state index contributed by atoms with van der Waals surface area (Å²) in [4.78, 5) is 0. The molecule has 0 bridgehead atoms. The summed E-state index contributed by atoms with van der Waals surface area (Å²) >= 11 is 0. The van der Waals surface area contributed by atoms with Gasteiger partial charge >= 0.3 is 0 Å². The van der Waals surface area contributed by atoms with E-state index in [1.54, 1.807) is 0 Å². The normalized spacial score (nSPS) is 38.9. The molecule has 0 aromatic heterocycles. The Bertz CT molecular complexity index is 578. The van der Waals surface area contributed by atoms with Crippen molar-refractivity contribution in [1.82, 2.24) is 0 Å². The van der Waals surface area contributed by atoms with Crippen molar-refractivity contribution in [3.63, 3.8) is 0 Å². The van der Waals surface area contributed by atoms with Crippen LogP contribution in [0.15, 0.2) is 0 Å². The Hall–Kier alpha value is -0.320. The molecular weight excluding hydrogens is 390 g/mol. The average Bonchev–Trinajstić information content (AvgIpc) is 3.18. The molecule has 4 saturated heterocycles. The van der Waals surface area contributed by atoms with Gasteiger partial charge in [-0.2, -0.15) is 0 Å². The Kier molecular flexibility index (Phi) is 6.78. The maximum atomic E-state index is 6.23. The highest BCUT2D eigenvalue weighted by Gasteiger charge is 2.60. The standard InChI is InChI=1S/C22H40NO7/c1-6-7-8-23(9-12-24-13-10-23)11-14-25-15-16-17-18(28-21(2,3)27-17)19-20(26-16)30-22(4,5)29-19/h16-20H,6-15H2,1-5H3/q+1. The summed E-state index contributed by atoms with van der Waals surface area (Å²) in [7, 11) is 0. The molecule has 4 aliphatic rings. The summed E-state index contributed by atoms with van der Waals surface area (Å²) in [5.41, 5.74) is 0. The van der Waals surface area contributed by atoms with Gasteiger partial charge in [0.1, 0.15) is 44.1 Å². The summed E-state index contributed by atoms with van der Waals surface area (Å²) in [5.74, 6) is -1.37. The van der Waals surface area contributed by atoms with Crippen LogP contribution in [0, 0.1) is 0 Å². The minimum absolute atomic E-state index is 0.226. The molecule has 4 fully saturated rings. The van der Waals surface area contributed by atoms with Crippen molar-refractivity contribution in [3.05, 3.63) is 0 Å². The van der Waals surface area contributed by atoms with Crippen molar-refractivity contribution >= 4 is 0 Å². The van der Waals surface area contributed by atoms with E-state index in [0.29, 0.717) is 13.2 Å². The van der Waals surface area contributed by atoms with Crippen LogP contribution < -0.4 is 0 Å². The van der Waals surface area contributed by atoms with Crippen LogP contribution in [-0.2, 0) is 33.2 Å². The van der Waals surface area contributed by atoms with Crippen LogP contribution in [0.2, 0.25) is 0 Å². The van der Waals surface area contributed by atoms with Crippen LogP contribution in [0.4, 0.5) is 0 Å². The lowest BCUT2D eigenvalue weighted by molar-refractivity contribution is -0.935. The van der Waals surface area contributed by atoms with Crippen molar-refractivity contribution in [2.24, 2.45) is 0 Å². The molecule has 0 amide bonds. The van der Waals surface area contributed by atoms with E-state index in [9.17, 15) is 0 Å². The van der Waals surface area contributed by atoms with Gasteiger partial charge in [-0.3, -0.25) is 0 Å². The number of morpholine rings is 1. The van der Waals surface area contributed by atoms with Crippen LogP contribution in [0.3, 0.4) is 0 Å². The molecule has 5 unspecified atom stereocenters. The molecule has 0 aromatic rings. The fourth-order valence-corrected chi connectivity index (χ4v) is 5.07. The Morgan fingerprint density at radius 3 is 2.27 bits per heavy atom. The molecule has 4 heterocycles. The zero-order valence-corrected chi connectivity index (χ0v) is 19.3. The van der Waals surface area contributed by atoms with E-state index >= 15 is 0 Å². The number of fused-ring (bicyclic) bond motifs is 3. The number of nitrogens with zero attached hydrogens (tertiary/aromatic N) is 1. The second kappa shape index (κ2) is 8.90. The van der Waals surface area contributed by atoms with Gasteiger partial charge in [-0.1, -0.05) is 13.3 Å². The fourth-order valence-electron chi connectivity index (χ4n) is 5.07. The van der Waals surface area contributed by atoms with Crippen molar-refractivity contribution in [2.45, 2.75) is 89.7 Å². The second-order valence-electron chi connectivity index (χ2n) is 9.98. The van der Waals surface area contributed by atoms with Crippen LogP contribution in [0.5, 0.6) is 0 Å². The topological polar surface area (TPSA) is 64.6 Å². The molecule has 30 heavy (non-hydrogen) atoms. The van der Waals surface area contributed by atoms with Gasteiger partial charge in [0.25, 0.3) is 0 Å². The molecule has 8 nitrogen and oxygen atoms in total. The number of ether oxygens (including phenoxy) is 7. The van der Waals surface area contributed by atoms with Gasteiger partial charge in [0, 0.05) is 0 Å². The largest absolute Gasteiger partial charge is 0.373 e. The molecule has 0 aliphatic carbocycles. The van der Waals surface area contributed by atoms with Gasteiger partial charge in [-0.25, -0.2) is 0 Å². The molecule has 0 N–H and O–H groups in total. The lowest BCUT2D eigenvalue weighted by Gasteiger charge is -2.41. The number of rotatable bonds is 8. The van der Waals surface area contributed by atoms with Gasteiger partial charge in [0.05, 0.1) is 33.0 Å². The SMILES string of the molecule is CCCC[N+]1(CCOCC2OC3OC(C)(C)OC3C3OC(C)(C)OC23)CCOCC1. The maximum absolute atomic E-state index is 6.23. The van der Waals surface area contributed by atoms with Gasteiger partial charge in [-0.05, 0) is 34.1 Å². The molecule has 4 aliphatic heterocycles. The van der Waals surface area contributed by atoms with Crippen LogP contribution >= 0.6 is 0 Å². The minimum atomic E-state index is -0.697. The Morgan fingerprint density at radius 2 is 1.53 bits per heavy atom. The van der Waals surface area contributed by atoms with Gasteiger partial charge < -0.3 is 37.6 Å². The number of hydrogen-bond acceptors (Lipinski definition) is 7.